The van der Waals surface area contributed by atoms with Gasteiger partial charge in [-0.2, -0.15) is 4.98 Å². The van der Waals surface area contributed by atoms with E-state index in [4.69, 9.17) is 9.47 Å². The van der Waals surface area contributed by atoms with Crippen LogP contribution in [0.25, 0.3) is 22.5 Å². The largest absolute Gasteiger partial charge is 0.490 e. The van der Waals surface area contributed by atoms with Gasteiger partial charge in [-0.3, -0.25) is 10.1 Å². The number of ether oxygens (including phenoxy) is 2. The summed E-state index contributed by atoms with van der Waals surface area (Å²) < 4.78 is 9.86. The highest BCUT2D eigenvalue weighted by Crippen LogP contribution is 2.34. The summed E-state index contributed by atoms with van der Waals surface area (Å²) in [6, 6.07) is 12.7. The summed E-state index contributed by atoms with van der Waals surface area (Å²) in [7, 11) is 2.50. The summed E-state index contributed by atoms with van der Waals surface area (Å²) in [5.74, 6) is -0.697. The Balaban J connectivity index is 2.34. The topological polar surface area (TPSA) is 124 Å². The van der Waals surface area contributed by atoms with Crippen molar-refractivity contribution < 1.29 is 19.2 Å². The molecule has 28 heavy (non-hydrogen) atoms. The summed E-state index contributed by atoms with van der Waals surface area (Å²) in [4.78, 5) is 41.8. The van der Waals surface area contributed by atoms with Gasteiger partial charge < -0.3 is 14.5 Å². The number of rotatable bonds is 5. The number of H-pyrrole nitrogens is 1. The maximum absolute atomic E-state index is 12.5. The van der Waals surface area contributed by atoms with Crippen molar-refractivity contribution in [3.05, 3.63) is 74.7 Å². The normalized spacial score (nSPS) is 10.4. The molecule has 0 atom stereocenters. The molecule has 0 radical (unpaired) electrons. The van der Waals surface area contributed by atoms with Crippen molar-refractivity contribution in [1.82, 2.24) is 9.97 Å². The van der Waals surface area contributed by atoms with Crippen LogP contribution in [0.4, 0.5) is 5.69 Å². The van der Waals surface area contributed by atoms with Gasteiger partial charge in [0.2, 0.25) is 0 Å². The van der Waals surface area contributed by atoms with Gasteiger partial charge >= 0.3 is 17.3 Å². The van der Waals surface area contributed by atoms with Crippen LogP contribution in [0.5, 0.6) is 5.75 Å². The first-order valence-electron chi connectivity index (χ1n) is 8.07. The lowest BCUT2D eigenvalue weighted by molar-refractivity contribution is -0.385. The third-order valence-electron chi connectivity index (χ3n) is 4.03. The fourth-order valence-electron chi connectivity index (χ4n) is 2.78. The van der Waals surface area contributed by atoms with Crippen molar-refractivity contribution in [3.8, 4) is 28.3 Å². The Labute approximate surface area is 158 Å². The van der Waals surface area contributed by atoms with E-state index in [9.17, 15) is 19.7 Å². The van der Waals surface area contributed by atoms with Crippen LogP contribution in [0, 0.1) is 10.1 Å². The van der Waals surface area contributed by atoms with Crippen LogP contribution < -0.4 is 10.4 Å². The molecule has 0 amide bonds. The second kappa shape index (κ2) is 7.70. The molecule has 0 bridgehead atoms. The molecular weight excluding hydrogens is 366 g/mol. The number of nitrogens with zero attached hydrogens (tertiary/aromatic N) is 2. The van der Waals surface area contributed by atoms with Crippen LogP contribution in [0.15, 0.2) is 53.3 Å². The van der Waals surface area contributed by atoms with Crippen molar-refractivity contribution in [2.45, 2.75) is 0 Å². The van der Waals surface area contributed by atoms with Crippen molar-refractivity contribution in [2.24, 2.45) is 0 Å². The molecule has 0 saturated carbocycles. The molecule has 9 heteroatoms. The average Bonchev–Trinajstić information content (AvgIpc) is 2.72. The van der Waals surface area contributed by atoms with Gasteiger partial charge in [0, 0.05) is 11.6 Å². The molecule has 142 valence electrons. The van der Waals surface area contributed by atoms with E-state index in [0.29, 0.717) is 5.56 Å². The lowest BCUT2D eigenvalue weighted by atomic mass is 9.99. The molecule has 1 N–H and O–H groups in total. The number of benzene rings is 2. The number of hydrogen-bond acceptors (Lipinski definition) is 7. The van der Waals surface area contributed by atoms with E-state index in [0.717, 1.165) is 0 Å². The molecule has 3 aromatic rings. The first-order valence-corrected chi connectivity index (χ1v) is 8.07. The van der Waals surface area contributed by atoms with Gasteiger partial charge in [-0.25, -0.2) is 9.59 Å². The number of nitro benzene ring substituents is 1. The van der Waals surface area contributed by atoms with Crippen molar-refractivity contribution in [3.63, 3.8) is 0 Å². The predicted molar refractivity (Wildman–Crippen MR) is 100 cm³/mol. The first-order chi connectivity index (χ1) is 13.5. The second-order valence-electron chi connectivity index (χ2n) is 5.64. The molecule has 1 aromatic heterocycles. The fourth-order valence-corrected chi connectivity index (χ4v) is 2.78. The molecule has 0 saturated heterocycles. The Morgan fingerprint density at radius 2 is 1.82 bits per heavy atom. The number of carbonyl (C=O) groups excluding carboxylic acids is 1. The standard InChI is InChI=1S/C19H15N3O6/c1-27-14-9-8-12(10-13(14)22(25)26)17-15(18(23)28-2)16(20-19(24)21-17)11-6-4-3-5-7-11/h3-10H,1-2H3,(H,20,21,24). The SMILES string of the molecule is COC(=O)c1c(-c2ccc(OC)c([N+](=O)[O-])c2)nc(=O)[nH]c1-c1ccccc1. The number of esters is 1. The van der Waals surface area contributed by atoms with Gasteiger partial charge in [0.1, 0.15) is 5.56 Å². The number of nitrogens with one attached hydrogen (secondary N) is 1. The van der Waals surface area contributed by atoms with E-state index in [1.54, 1.807) is 30.3 Å². The highest BCUT2D eigenvalue weighted by Gasteiger charge is 2.25. The Kier molecular flexibility index (Phi) is 5.16. The third kappa shape index (κ3) is 3.45. The van der Waals surface area contributed by atoms with Crippen LogP contribution in [-0.2, 0) is 4.74 Å². The zero-order chi connectivity index (χ0) is 20.3. The number of aromatic amines is 1. The Bertz CT molecular complexity index is 1110. The van der Waals surface area contributed by atoms with Crippen LogP contribution in [0.3, 0.4) is 0 Å². The lowest BCUT2D eigenvalue weighted by Gasteiger charge is -2.13. The van der Waals surface area contributed by atoms with Crippen LogP contribution >= 0.6 is 0 Å². The van der Waals surface area contributed by atoms with Crippen molar-refractivity contribution >= 4 is 11.7 Å². The number of nitro groups is 1. The van der Waals surface area contributed by atoms with Crippen molar-refractivity contribution in [2.75, 3.05) is 14.2 Å². The smallest absolute Gasteiger partial charge is 0.346 e. The van der Waals surface area contributed by atoms with Gasteiger partial charge in [0.15, 0.2) is 5.75 Å². The number of aromatic nitrogens is 2. The van der Waals surface area contributed by atoms with Crippen LogP contribution in [0.2, 0.25) is 0 Å². The van der Waals surface area contributed by atoms with Gasteiger partial charge in [0.05, 0.1) is 30.5 Å². The molecule has 1 heterocycles. The van der Waals surface area contributed by atoms with E-state index in [-0.39, 0.29) is 34.0 Å². The monoisotopic (exact) mass is 381 g/mol. The van der Waals surface area contributed by atoms with Gasteiger partial charge in [-0.15, -0.1) is 0 Å². The summed E-state index contributed by atoms with van der Waals surface area (Å²) in [6.07, 6.45) is 0. The zero-order valence-electron chi connectivity index (χ0n) is 15.0. The Hall–Kier alpha value is -4.01. The Morgan fingerprint density at radius 1 is 1.11 bits per heavy atom. The summed E-state index contributed by atoms with van der Waals surface area (Å²) in [6.45, 7) is 0. The molecule has 0 aliphatic heterocycles. The molecule has 3 rings (SSSR count). The van der Waals surface area contributed by atoms with E-state index in [2.05, 4.69) is 9.97 Å². The van der Waals surface area contributed by atoms with E-state index >= 15 is 0 Å². The van der Waals surface area contributed by atoms with Crippen molar-refractivity contribution in [1.29, 1.82) is 0 Å². The van der Waals surface area contributed by atoms with E-state index < -0.39 is 16.6 Å². The minimum Gasteiger partial charge on any atom is -0.490 e. The quantitative estimate of drug-likeness (QED) is 0.409. The number of hydrogen-bond donors (Lipinski definition) is 1. The summed E-state index contributed by atoms with van der Waals surface area (Å²) in [5.41, 5.74) is -0.0872. The van der Waals surface area contributed by atoms with E-state index in [1.165, 1.54) is 32.4 Å². The maximum atomic E-state index is 12.5. The molecule has 2 aromatic carbocycles. The summed E-state index contributed by atoms with van der Waals surface area (Å²) in [5, 5.41) is 11.3. The second-order valence-corrected chi connectivity index (χ2v) is 5.64. The molecule has 9 nitrogen and oxygen atoms in total. The summed E-state index contributed by atoms with van der Waals surface area (Å²) >= 11 is 0. The molecule has 0 aliphatic rings. The van der Waals surface area contributed by atoms with Gasteiger partial charge in [-0.1, -0.05) is 30.3 Å². The third-order valence-corrected chi connectivity index (χ3v) is 4.03. The Morgan fingerprint density at radius 3 is 2.43 bits per heavy atom. The molecule has 0 unspecified atom stereocenters. The predicted octanol–water partition coefficient (Wildman–Crippen LogP) is 2.81. The first kappa shape index (κ1) is 18.8. The molecule has 0 aliphatic carbocycles. The highest BCUT2D eigenvalue weighted by molar-refractivity contribution is 6.02. The number of carbonyl (C=O) groups is 1. The zero-order valence-corrected chi connectivity index (χ0v) is 15.0. The van der Waals surface area contributed by atoms with E-state index in [1.807, 2.05) is 0 Å². The fraction of sp³-hybridized carbons (Fsp3) is 0.105. The van der Waals surface area contributed by atoms with Crippen LogP contribution in [-0.4, -0.2) is 35.1 Å². The van der Waals surface area contributed by atoms with Gasteiger partial charge in [-0.05, 0) is 17.7 Å². The molecule has 0 spiro atoms. The minimum absolute atomic E-state index is 0.00670. The minimum atomic E-state index is -0.740. The average molecular weight is 381 g/mol. The molecule has 0 fully saturated rings. The lowest BCUT2D eigenvalue weighted by Crippen LogP contribution is -2.19. The number of methoxy groups -OCH3 is 2. The highest BCUT2D eigenvalue weighted by atomic mass is 16.6. The molecular formula is C19H15N3O6. The van der Waals surface area contributed by atoms with Crippen LogP contribution in [0.1, 0.15) is 10.4 Å². The maximum Gasteiger partial charge on any atom is 0.346 e. The van der Waals surface area contributed by atoms with Gasteiger partial charge in [0.25, 0.3) is 0 Å².